The Balaban J connectivity index is 0.979. The average molecular weight is 994 g/mol. The van der Waals surface area contributed by atoms with Crippen LogP contribution in [0.25, 0.3) is 33.4 Å². The third-order valence-corrected chi connectivity index (χ3v) is 17.9. The number of nitrogens with zero attached hydrogens (tertiary/aromatic N) is 1. The number of para-hydroxylation sites is 4. The van der Waals surface area contributed by atoms with Gasteiger partial charge in [-0.15, -0.1) is 0 Å². The van der Waals surface area contributed by atoms with Crippen LogP contribution in [-0.2, 0) is 16.2 Å². The molecule has 12 aromatic rings. The minimum Gasteiger partial charge on any atom is -0.457 e. The molecule has 0 amide bonds. The molecule has 12 aromatic carbocycles. The Morgan fingerprint density at radius 1 is 0.231 bits per heavy atom. The maximum atomic E-state index is 6.83. The molecule has 3 heteroatoms. The molecule has 78 heavy (non-hydrogen) atoms. The van der Waals surface area contributed by atoms with Crippen molar-refractivity contribution in [3.63, 3.8) is 0 Å². The van der Waals surface area contributed by atoms with Crippen LogP contribution in [0.4, 0.5) is 17.1 Å². The predicted molar refractivity (Wildman–Crippen MR) is 313 cm³/mol. The van der Waals surface area contributed by atoms with Crippen LogP contribution in [0.15, 0.2) is 285 Å². The van der Waals surface area contributed by atoms with Crippen molar-refractivity contribution >= 4 is 17.1 Å². The molecule has 0 radical (unpaired) electrons. The first-order valence-electron chi connectivity index (χ1n) is 27.1. The number of ether oxygens (including phenoxy) is 2. The Kier molecular flexibility index (Phi) is 8.90. The van der Waals surface area contributed by atoms with Crippen LogP contribution in [0, 0.1) is 0 Å². The highest BCUT2D eigenvalue weighted by atomic mass is 16.5. The number of hydrogen-bond donors (Lipinski definition) is 0. The lowest BCUT2D eigenvalue weighted by Crippen LogP contribution is -2.32. The standard InChI is InChI=1S/C75H47NO2/c1-3-22-48(23-4-1)73(49-24-5-2-6-25-49)59-31-12-9-28-55(59)72-65(73)36-21-37-67(72)76(50-43-45-60-56(46-50)53-27-8-11-30-58(53)74(60)61-32-13-17-38-68(61)77-69-39-18-14-33-62(69)74)51-42-44-54-52-26-7-10-29-57(52)75(66(54)47-51)63-34-15-19-40-70(63)78-71-41-20-16-35-64(71)75/h1-47H. The number of rotatable bonds is 5. The van der Waals surface area contributed by atoms with Crippen LogP contribution in [0.3, 0.4) is 0 Å². The molecule has 0 aromatic heterocycles. The average Bonchev–Trinajstić information content (AvgIpc) is 3.81. The molecule has 0 fully saturated rings. The Morgan fingerprint density at radius 2 is 0.603 bits per heavy atom. The summed E-state index contributed by atoms with van der Waals surface area (Å²) in [5, 5.41) is 0. The fourth-order valence-electron chi connectivity index (χ4n) is 15.1. The molecule has 2 heterocycles. The van der Waals surface area contributed by atoms with Crippen LogP contribution in [0.2, 0.25) is 0 Å². The van der Waals surface area contributed by atoms with Crippen LogP contribution >= 0.6 is 0 Å². The summed E-state index contributed by atoms with van der Waals surface area (Å²) in [6.45, 7) is 0. The normalized spacial score (nSPS) is 14.9. The van der Waals surface area contributed by atoms with E-state index in [0.717, 1.165) is 62.3 Å². The van der Waals surface area contributed by atoms with E-state index in [-0.39, 0.29) is 0 Å². The number of anilines is 3. The van der Waals surface area contributed by atoms with Crippen molar-refractivity contribution in [3.05, 3.63) is 352 Å². The maximum absolute atomic E-state index is 6.83. The van der Waals surface area contributed by atoms with Crippen molar-refractivity contribution in [3.8, 4) is 56.4 Å². The van der Waals surface area contributed by atoms with Crippen LogP contribution in [0.5, 0.6) is 23.0 Å². The van der Waals surface area contributed by atoms with Gasteiger partial charge in [0.1, 0.15) is 23.0 Å². The largest absolute Gasteiger partial charge is 0.457 e. The first-order valence-corrected chi connectivity index (χ1v) is 27.1. The first kappa shape index (κ1) is 43.3. The van der Waals surface area contributed by atoms with E-state index in [1.807, 2.05) is 0 Å². The lowest BCUT2D eigenvalue weighted by molar-refractivity contribution is 0.436. The third kappa shape index (κ3) is 5.42. The zero-order valence-electron chi connectivity index (χ0n) is 42.4. The van der Waals surface area contributed by atoms with Gasteiger partial charge >= 0.3 is 0 Å². The molecular formula is C75H47NO2. The molecule has 5 aliphatic rings. The second-order valence-corrected chi connectivity index (χ2v) is 21.3. The van der Waals surface area contributed by atoms with Gasteiger partial charge in [-0.1, -0.05) is 231 Å². The summed E-state index contributed by atoms with van der Waals surface area (Å²) in [4.78, 5) is 2.57. The molecule has 3 aliphatic carbocycles. The van der Waals surface area contributed by atoms with Crippen molar-refractivity contribution in [2.45, 2.75) is 16.2 Å². The van der Waals surface area contributed by atoms with Gasteiger partial charge in [0.2, 0.25) is 0 Å². The molecule has 0 saturated heterocycles. The molecule has 2 aliphatic heterocycles. The van der Waals surface area contributed by atoms with Gasteiger partial charge in [-0.3, -0.25) is 0 Å². The lowest BCUT2D eigenvalue weighted by Gasteiger charge is -2.40. The highest BCUT2D eigenvalue weighted by Gasteiger charge is 2.54. The van der Waals surface area contributed by atoms with Gasteiger partial charge in [-0.05, 0) is 127 Å². The van der Waals surface area contributed by atoms with Crippen LogP contribution in [0.1, 0.15) is 66.8 Å². The summed E-state index contributed by atoms with van der Waals surface area (Å²) in [7, 11) is 0. The molecule has 0 atom stereocenters. The van der Waals surface area contributed by atoms with E-state index in [1.165, 1.54) is 77.9 Å². The van der Waals surface area contributed by atoms with Gasteiger partial charge in [0.25, 0.3) is 0 Å². The van der Waals surface area contributed by atoms with E-state index in [1.54, 1.807) is 0 Å². The van der Waals surface area contributed by atoms with Crippen molar-refractivity contribution in [1.82, 2.24) is 0 Å². The van der Waals surface area contributed by atoms with Gasteiger partial charge < -0.3 is 14.4 Å². The topological polar surface area (TPSA) is 21.7 Å². The summed E-state index contributed by atoms with van der Waals surface area (Å²) in [5.41, 5.74) is 23.2. The van der Waals surface area contributed by atoms with E-state index in [4.69, 9.17) is 9.47 Å². The van der Waals surface area contributed by atoms with Crippen molar-refractivity contribution < 1.29 is 9.47 Å². The molecule has 3 nitrogen and oxygen atoms in total. The predicted octanol–water partition coefficient (Wildman–Crippen LogP) is 18.5. The summed E-state index contributed by atoms with van der Waals surface area (Å²) < 4.78 is 13.6. The Labute approximate surface area is 453 Å². The minimum absolute atomic E-state index is 0.595. The highest BCUT2D eigenvalue weighted by molar-refractivity contribution is 6.00. The SMILES string of the molecule is c1ccc(C2(c3ccccc3)c3ccccc3-c3c(N(c4ccc5c(c4)-c4ccccc4C54c5ccccc5Oc5ccccc54)c4ccc5c(c4)C4(c6ccccc6Oc6ccccc64)c4ccccc4-5)cccc32)cc1. The zero-order valence-corrected chi connectivity index (χ0v) is 42.4. The molecule has 0 unspecified atom stereocenters. The molecular weight excluding hydrogens is 947 g/mol. The molecule has 2 spiro atoms. The van der Waals surface area contributed by atoms with Gasteiger partial charge in [0.05, 0.1) is 21.9 Å². The second kappa shape index (κ2) is 16.0. The quantitative estimate of drug-likeness (QED) is 0.172. The third-order valence-electron chi connectivity index (χ3n) is 17.9. The summed E-state index contributed by atoms with van der Waals surface area (Å²) in [6, 6.07) is 106. The summed E-state index contributed by atoms with van der Waals surface area (Å²) >= 11 is 0. The fourth-order valence-corrected chi connectivity index (χ4v) is 15.1. The molecule has 0 N–H and O–H groups in total. The fraction of sp³-hybridized carbons (Fsp3) is 0.0400. The van der Waals surface area contributed by atoms with Crippen LogP contribution in [-0.4, -0.2) is 0 Å². The molecule has 364 valence electrons. The lowest BCUT2D eigenvalue weighted by atomic mass is 9.66. The zero-order chi connectivity index (χ0) is 51.2. The molecule has 0 bridgehead atoms. The number of benzene rings is 12. The van der Waals surface area contributed by atoms with Gasteiger partial charge in [0.15, 0.2) is 0 Å². The van der Waals surface area contributed by atoms with Crippen LogP contribution < -0.4 is 14.4 Å². The Hall–Kier alpha value is -9.96. The van der Waals surface area contributed by atoms with E-state index in [0.29, 0.717) is 0 Å². The Morgan fingerprint density at radius 3 is 1.14 bits per heavy atom. The van der Waals surface area contributed by atoms with Gasteiger partial charge in [-0.2, -0.15) is 0 Å². The van der Waals surface area contributed by atoms with E-state index < -0.39 is 16.2 Å². The van der Waals surface area contributed by atoms with Gasteiger partial charge in [0, 0.05) is 39.2 Å². The number of hydrogen-bond acceptors (Lipinski definition) is 3. The van der Waals surface area contributed by atoms with E-state index >= 15 is 0 Å². The summed E-state index contributed by atoms with van der Waals surface area (Å²) in [6.07, 6.45) is 0. The number of fused-ring (bicyclic) bond motifs is 21. The van der Waals surface area contributed by atoms with Gasteiger partial charge in [-0.25, -0.2) is 0 Å². The van der Waals surface area contributed by atoms with E-state index in [2.05, 4.69) is 290 Å². The Bertz CT molecular complexity index is 4350. The second-order valence-electron chi connectivity index (χ2n) is 21.3. The summed E-state index contributed by atoms with van der Waals surface area (Å²) in [5.74, 6) is 3.51. The molecule has 17 rings (SSSR count). The first-order chi connectivity index (χ1) is 38.7. The van der Waals surface area contributed by atoms with Crippen molar-refractivity contribution in [1.29, 1.82) is 0 Å². The van der Waals surface area contributed by atoms with Crippen molar-refractivity contribution in [2.24, 2.45) is 0 Å². The highest BCUT2D eigenvalue weighted by Crippen LogP contribution is 2.66. The minimum atomic E-state index is -0.660. The monoisotopic (exact) mass is 993 g/mol. The molecule has 0 saturated carbocycles. The van der Waals surface area contributed by atoms with E-state index in [9.17, 15) is 0 Å². The maximum Gasteiger partial charge on any atom is 0.132 e. The smallest absolute Gasteiger partial charge is 0.132 e. The van der Waals surface area contributed by atoms with Crippen molar-refractivity contribution in [2.75, 3.05) is 4.90 Å².